The summed E-state index contributed by atoms with van der Waals surface area (Å²) in [6.07, 6.45) is 5.15. The van der Waals surface area contributed by atoms with Gasteiger partial charge in [-0.25, -0.2) is 0 Å². The lowest BCUT2D eigenvalue weighted by Crippen LogP contribution is -2.31. The number of carbonyl (C=O) groups is 1. The zero-order valence-electron chi connectivity index (χ0n) is 16.3. The van der Waals surface area contributed by atoms with Crippen LogP contribution < -0.4 is 14.8 Å². The second kappa shape index (κ2) is 9.45. The summed E-state index contributed by atoms with van der Waals surface area (Å²) >= 11 is 0. The summed E-state index contributed by atoms with van der Waals surface area (Å²) in [6.45, 7) is 3.31. The Morgan fingerprint density at radius 1 is 1.19 bits per heavy atom. The SMILES string of the molecule is CCCCOc1ccc(CNC(=O)C2CCCc3ccccc32)cc1OC. The quantitative estimate of drug-likeness (QED) is 0.693. The van der Waals surface area contributed by atoms with E-state index in [0.29, 0.717) is 18.9 Å². The number of ether oxygens (including phenoxy) is 2. The fourth-order valence-electron chi connectivity index (χ4n) is 3.61. The van der Waals surface area contributed by atoms with E-state index in [1.165, 1.54) is 11.1 Å². The van der Waals surface area contributed by atoms with Crippen LogP contribution in [-0.4, -0.2) is 19.6 Å². The average Bonchev–Trinajstić information content (AvgIpc) is 2.72. The molecule has 0 saturated carbocycles. The number of unbranched alkanes of at least 4 members (excludes halogenated alkanes) is 1. The van der Waals surface area contributed by atoms with Crippen LogP contribution in [0.3, 0.4) is 0 Å². The van der Waals surface area contributed by atoms with Gasteiger partial charge in [0.1, 0.15) is 0 Å². The van der Waals surface area contributed by atoms with Gasteiger partial charge >= 0.3 is 0 Å². The molecule has 1 unspecified atom stereocenters. The second-order valence-electron chi connectivity index (χ2n) is 7.05. The number of nitrogens with one attached hydrogen (secondary N) is 1. The van der Waals surface area contributed by atoms with Crippen LogP contribution in [0.15, 0.2) is 42.5 Å². The van der Waals surface area contributed by atoms with Gasteiger partial charge in [-0.3, -0.25) is 4.79 Å². The maximum atomic E-state index is 12.8. The van der Waals surface area contributed by atoms with E-state index >= 15 is 0 Å². The number of benzene rings is 2. The Hall–Kier alpha value is -2.49. The zero-order chi connectivity index (χ0) is 19.1. The Morgan fingerprint density at radius 3 is 2.85 bits per heavy atom. The topological polar surface area (TPSA) is 47.6 Å². The van der Waals surface area contributed by atoms with Crippen molar-refractivity contribution in [3.63, 3.8) is 0 Å². The van der Waals surface area contributed by atoms with Crippen molar-refractivity contribution in [3.05, 3.63) is 59.2 Å². The van der Waals surface area contributed by atoms with E-state index in [2.05, 4.69) is 30.4 Å². The molecule has 2 aromatic carbocycles. The summed E-state index contributed by atoms with van der Waals surface area (Å²) in [6, 6.07) is 14.1. The van der Waals surface area contributed by atoms with Crippen LogP contribution >= 0.6 is 0 Å². The van der Waals surface area contributed by atoms with Crippen molar-refractivity contribution < 1.29 is 14.3 Å². The van der Waals surface area contributed by atoms with Gasteiger partial charge in [-0.05, 0) is 54.5 Å². The van der Waals surface area contributed by atoms with Gasteiger partial charge in [0.05, 0.1) is 19.6 Å². The lowest BCUT2D eigenvalue weighted by Gasteiger charge is -2.24. The minimum absolute atomic E-state index is 0.0477. The third-order valence-corrected chi connectivity index (χ3v) is 5.14. The Balaban J connectivity index is 1.62. The van der Waals surface area contributed by atoms with E-state index in [9.17, 15) is 4.79 Å². The number of amides is 1. The highest BCUT2D eigenvalue weighted by molar-refractivity contribution is 5.84. The molecule has 0 saturated heterocycles. The Morgan fingerprint density at radius 2 is 2.04 bits per heavy atom. The van der Waals surface area contributed by atoms with Crippen molar-refractivity contribution in [2.45, 2.75) is 51.5 Å². The lowest BCUT2D eigenvalue weighted by molar-refractivity contribution is -0.123. The highest BCUT2D eigenvalue weighted by atomic mass is 16.5. The van der Waals surface area contributed by atoms with Crippen molar-refractivity contribution in [2.75, 3.05) is 13.7 Å². The minimum atomic E-state index is -0.0477. The summed E-state index contributed by atoms with van der Waals surface area (Å²) in [5, 5.41) is 3.10. The first-order chi connectivity index (χ1) is 13.2. The maximum absolute atomic E-state index is 12.8. The molecule has 1 atom stereocenters. The number of fused-ring (bicyclic) bond motifs is 1. The molecule has 0 bridgehead atoms. The number of carbonyl (C=O) groups excluding carboxylic acids is 1. The van der Waals surface area contributed by atoms with Crippen LogP contribution in [0.1, 0.15) is 55.2 Å². The summed E-state index contributed by atoms with van der Waals surface area (Å²) in [5.41, 5.74) is 3.49. The highest BCUT2D eigenvalue weighted by Gasteiger charge is 2.25. The molecule has 0 spiro atoms. The summed E-state index contributed by atoms with van der Waals surface area (Å²) < 4.78 is 11.2. The number of hydrogen-bond donors (Lipinski definition) is 1. The molecule has 4 nitrogen and oxygen atoms in total. The lowest BCUT2D eigenvalue weighted by atomic mass is 9.82. The fourth-order valence-corrected chi connectivity index (χ4v) is 3.61. The monoisotopic (exact) mass is 367 g/mol. The van der Waals surface area contributed by atoms with Crippen molar-refractivity contribution in [1.29, 1.82) is 0 Å². The van der Waals surface area contributed by atoms with Crippen LogP contribution in [0.4, 0.5) is 0 Å². The standard InChI is InChI=1S/C23H29NO3/c1-3-4-14-27-21-13-12-17(15-22(21)26-2)16-24-23(25)20-11-7-9-18-8-5-6-10-19(18)20/h5-6,8,10,12-13,15,20H,3-4,7,9,11,14,16H2,1-2H3,(H,24,25). The maximum Gasteiger partial charge on any atom is 0.227 e. The molecule has 0 fully saturated rings. The van der Waals surface area contributed by atoms with E-state index in [1.807, 2.05) is 24.3 Å². The van der Waals surface area contributed by atoms with Gasteiger partial charge < -0.3 is 14.8 Å². The Labute approximate surface area is 161 Å². The molecule has 0 radical (unpaired) electrons. The molecular formula is C23H29NO3. The summed E-state index contributed by atoms with van der Waals surface area (Å²) in [4.78, 5) is 12.8. The third kappa shape index (κ3) is 4.82. The van der Waals surface area contributed by atoms with Crippen molar-refractivity contribution in [1.82, 2.24) is 5.32 Å². The molecule has 144 valence electrons. The molecule has 2 aromatic rings. The van der Waals surface area contributed by atoms with Gasteiger partial charge in [0.15, 0.2) is 11.5 Å². The van der Waals surface area contributed by atoms with Gasteiger partial charge in [0.25, 0.3) is 0 Å². The first-order valence-corrected chi connectivity index (χ1v) is 9.88. The van der Waals surface area contributed by atoms with Gasteiger partial charge in [-0.15, -0.1) is 0 Å². The molecule has 1 aliphatic carbocycles. The second-order valence-corrected chi connectivity index (χ2v) is 7.05. The van der Waals surface area contributed by atoms with Crippen LogP contribution in [0.2, 0.25) is 0 Å². The van der Waals surface area contributed by atoms with E-state index in [-0.39, 0.29) is 11.8 Å². The predicted molar refractivity (Wildman–Crippen MR) is 107 cm³/mol. The number of rotatable bonds is 8. The van der Waals surface area contributed by atoms with E-state index < -0.39 is 0 Å². The molecule has 0 aliphatic heterocycles. The molecule has 1 N–H and O–H groups in total. The minimum Gasteiger partial charge on any atom is -0.493 e. The van der Waals surface area contributed by atoms with E-state index in [4.69, 9.17) is 9.47 Å². The first kappa shape index (κ1) is 19.3. The Bertz CT molecular complexity index is 772. The largest absolute Gasteiger partial charge is 0.493 e. The summed E-state index contributed by atoms with van der Waals surface area (Å²) in [5.74, 6) is 1.51. The van der Waals surface area contributed by atoms with Crippen molar-refractivity contribution >= 4 is 5.91 Å². The predicted octanol–water partition coefficient (Wildman–Crippen LogP) is 4.61. The molecule has 4 heteroatoms. The number of aryl methyl sites for hydroxylation is 1. The molecule has 1 amide bonds. The first-order valence-electron chi connectivity index (χ1n) is 9.88. The van der Waals surface area contributed by atoms with Gasteiger partial charge in [-0.2, -0.15) is 0 Å². The normalized spacial score (nSPS) is 15.7. The average molecular weight is 367 g/mol. The molecular weight excluding hydrogens is 338 g/mol. The van der Waals surface area contributed by atoms with Gasteiger partial charge in [0, 0.05) is 6.54 Å². The Kier molecular flexibility index (Phi) is 6.74. The van der Waals surface area contributed by atoms with Crippen molar-refractivity contribution in [2.24, 2.45) is 0 Å². The molecule has 1 aliphatic rings. The van der Waals surface area contributed by atoms with E-state index in [0.717, 1.165) is 43.4 Å². The zero-order valence-corrected chi connectivity index (χ0v) is 16.3. The fraction of sp³-hybridized carbons (Fsp3) is 0.435. The summed E-state index contributed by atoms with van der Waals surface area (Å²) in [7, 11) is 1.64. The molecule has 0 aromatic heterocycles. The number of methoxy groups -OCH3 is 1. The molecule has 27 heavy (non-hydrogen) atoms. The molecule has 0 heterocycles. The smallest absolute Gasteiger partial charge is 0.227 e. The van der Waals surface area contributed by atoms with Crippen LogP contribution in [0.25, 0.3) is 0 Å². The van der Waals surface area contributed by atoms with Gasteiger partial charge in [0.2, 0.25) is 5.91 Å². The van der Waals surface area contributed by atoms with Crippen LogP contribution in [0.5, 0.6) is 11.5 Å². The van der Waals surface area contributed by atoms with Gasteiger partial charge in [-0.1, -0.05) is 43.7 Å². The van der Waals surface area contributed by atoms with Crippen LogP contribution in [0, 0.1) is 0 Å². The molecule has 3 rings (SSSR count). The highest BCUT2D eigenvalue weighted by Crippen LogP contribution is 2.32. The van der Waals surface area contributed by atoms with Crippen molar-refractivity contribution in [3.8, 4) is 11.5 Å². The third-order valence-electron chi connectivity index (χ3n) is 5.14. The van der Waals surface area contributed by atoms with Crippen LogP contribution in [-0.2, 0) is 17.8 Å². The van der Waals surface area contributed by atoms with E-state index in [1.54, 1.807) is 7.11 Å². The number of hydrogen-bond acceptors (Lipinski definition) is 3.